The minimum absolute atomic E-state index is 0.0193. The summed E-state index contributed by atoms with van der Waals surface area (Å²) in [6.07, 6.45) is 3.17. The van der Waals surface area contributed by atoms with Crippen molar-refractivity contribution in [2.75, 3.05) is 18.4 Å². The van der Waals surface area contributed by atoms with Crippen molar-refractivity contribution in [1.82, 2.24) is 4.90 Å². The molecule has 0 bridgehead atoms. The molecule has 3 rings (SSSR count). The molecule has 0 aromatic heterocycles. The van der Waals surface area contributed by atoms with Crippen LogP contribution in [0.1, 0.15) is 35.2 Å². The molecule has 0 radical (unpaired) electrons. The number of piperidine rings is 1. The largest absolute Gasteiger partial charge is 0.339 e. The molecule has 6 heteroatoms. The van der Waals surface area contributed by atoms with Crippen molar-refractivity contribution in [3.63, 3.8) is 0 Å². The second-order valence-electron chi connectivity index (χ2n) is 6.39. The van der Waals surface area contributed by atoms with Crippen molar-refractivity contribution in [2.45, 2.75) is 25.7 Å². The molecule has 0 unspecified atom stereocenters. The van der Waals surface area contributed by atoms with Crippen LogP contribution in [0, 0.1) is 5.82 Å². The van der Waals surface area contributed by atoms with Gasteiger partial charge in [-0.2, -0.15) is 0 Å². The number of amides is 2. The third kappa shape index (κ3) is 4.61. The van der Waals surface area contributed by atoms with E-state index in [2.05, 4.69) is 5.32 Å². The van der Waals surface area contributed by atoms with Crippen molar-refractivity contribution < 1.29 is 14.0 Å². The summed E-state index contributed by atoms with van der Waals surface area (Å²) in [6.45, 7) is 1.59. The van der Waals surface area contributed by atoms with Crippen molar-refractivity contribution in [1.29, 1.82) is 0 Å². The molecule has 26 heavy (non-hydrogen) atoms. The first kappa shape index (κ1) is 18.4. The summed E-state index contributed by atoms with van der Waals surface area (Å²) in [5.74, 6) is -0.817. The lowest BCUT2D eigenvalue weighted by molar-refractivity contribution is -0.115. The van der Waals surface area contributed by atoms with Crippen LogP contribution in [-0.2, 0) is 11.2 Å². The molecule has 1 saturated heterocycles. The highest BCUT2D eigenvalue weighted by Gasteiger charge is 2.18. The van der Waals surface area contributed by atoms with Gasteiger partial charge in [0.2, 0.25) is 5.91 Å². The summed E-state index contributed by atoms with van der Waals surface area (Å²) >= 11 is 5.71. The number of rotatable bonds is 4. The van der Waals surface area contributed by atoms with Gasteiger partial charge in [0.25, 0.3) is 5.91 Å². The molecule has 0 atom stereocenters. The Hall–Kier alpha value is -2.40. The molecule has 0 spiro atoms. The summed E-state index contributed by atoms with van der Waals surface area (Å²) in [4.78, 5) is 26.4. The minimum atomic E-state index is -0.505. The van der Waals surface area contributed by atoms with Crippen LogP contribution in [-0.4, -0.2) is 29.8 Å². The SMILES string of the molecule is O=C(Cc1ccc(Cl)cc1F)Nc1ccc(C(=O)N2CCCCC2)cc1. The quantitative estimate of drug-likeness (QED) is 0.868. The number of nitrogens with zero attached hydrogens (tertiary/aromatic N) is 1. The van der Waals surface area contributed by atoms with E-state index in [1.54, 1.807) is 30.3 Å². The predicted octanol–water partition coefficient (Wildman–Crippen LogP) is 4.29. The Bertz CT molecular complexity index is 802. The Morgan fingerprint density at radius 1 is 1.04 bits per heavy atom. The van der Waals surface area contributed by atoms with Gasteiger partial charge in [0.05, 0.1) is 6.42 Å². The van der Waals surface area contributed by atoms with Crippen LogP contribution in [0.25, 0.3) is 0 Å². The van der Waals surface area contributed by atoms with Gasteiger partial charge in [0.1, 0.15) is 5.82 Å². The fraction of sp³-hybridized carbons (Fsp3) is 0.300. The van der Waals surface area contributed by atoms with Crippen LogP contribution < -0.4 is 5.32 Å². The molecular formula is C20H20ClFN2O2. The molecule has 2 aromatic carbocycles. The number of carbonyl (C=O) groups is 2. The van der Waals surface area contributed by atoms with E-state index in [0.29, 0.717) is 16.3 Å². The fourth-order valence-electron chi connectivity index (χ4n) is 3.02. The molecule has 0 saturated carbocycles. The van der Waals surface area contributed by atoms with Gasteiger partial charge in [-0.15, -0.1) is 0 Å². The van der Waals surface area contributed by atoms with E-state index in [-0.39, 0.29) is 23.8 Å². The second-order valence-corrected chi connectivity index (χ2v) is 6.83. The standard InChI is InChI=1S/C20H20ClFN2O2/c21-16-7-4-15(18(22)13-16)12-19(25)23-17-8-5-14(6-9-17)20(26)24-10-2-1-3-11-24/h4-9,13H,1-3,10-12H2,(H,23,25). The van der Waals surface area contributed by atoms with E-state index in [9.17, 15) is 14.0 Å². The number of hydrogen-bond acceptors (Lipinski definition) is 2. The van der Waals surface area contributed by atoms with Gasteiger partial charge in [-0.1, -0.05) is 17.7 Å². The maximum absolute atomic E-state index is 13.8. The third-order valence-corrected chi connectivity index (χ3v) is 4.66. The monoisotopic (exact) mass is 374 g/mol. The zero-order valence-electron chi connectivity index (χ0n) is 14.3. The molecule has 0 aliphatic carbocycles. The minimum Gasteiger partial charge on any atom is -0.339 e. The third-order valence-electron chi connectivity index (χ3n) is 4.43. The molecule has 2 amide bonds. The lowest BCUT2D eigenvalue weighted by atomic mass is 10.1. The number of likely N-dealkylation sites (tertiary alicyclic amines) is 1. The second kappa shape index (κ2) is 8.32. The van der Waals surface area contributed by atoms with Gasteiger partial charge in [0, 0.05) is 29.4 Å². The van der Waals surface area contributed by atoms with E-state index >= 15 is 0 Å². The van der Waals surface area contributed by atoms with E-state index in [1.807, 2.05) is 4.90 Å². The molecule has 1 heterocycles. The summed E-state index contributed by atoms with van der Waals surface area (Å²) in [5.41, 5.74) is 1.46. The predicted molar refractivity (Wildman–Crippen MR) is 99.9 cm³/mol. The molecule has 1 aliphatic heterocycles. The highest BCUT2D eigenvalue weighted by molar-refractivity contribution is 6.30. The summed E-state index contributed by atoms with van der Waals surface area (Å²) < 4.78 is 13.8. The highest BCUT2D eigenvalue weighted by atomic mass is 35.5. The molecule has 1 N–H and O–H groups in total. The molecular weight excluding hydrogens is 355 g/mol. The van der Waals surface area contributed by atoms with Crippen molar-refractivity contribution >= 4 is 29.1 Å². The van der Waals surface area contributed by atoms with Crippen molar-refractivity contribution in [3.05, 3.63) is 64.4 Å². The average molecular weight is 375 g/mol. The van der Waals surface area contributed by atoms with Gasteiger partial charge in [-0.25, -0.2) is 4.39 Å². The van der Waals surface area contributed by atoms with Crippen molar-refractivity contribution in [3.8, 4) is 0 Å². The van der Waals surface area contributed by atoms with Gasteiger partial charge in [-0.3, -0.25) is 9.59 Å². The number of hydrogen-bond donors (Lipinski definition) is 1. The Balaban J connectivity index is 1.59. The van der Waals surface area contributed by atoms with E-state index in [0.717, 1.165) is 25.9 Å². The number of anilines is 1. The number of nitrogens with one attached hydrogen (secondary N) is 1. The molecule has 2 aromatic rings. The number of benzene rings is 2. The van der Waals surface area contributed by atoms with Gasteiger partial charge < -0.3 is 10.2 Å². The average Bonchev–Trinajstić information content (AvgIpc) is 2.65. The molecule has 1 aliphatic rings. The topological polar surface area (TPSA) is 49.4 Å². The lowest BCUT2D eigenvalue weighted by Crippen LogP contribution is -2.35. The van der Waals surface area contributed by atoms with Gasteiger partial charge in [-0.05, 0) is 61.2 Å². The van der Waals surface area contributed by atoms with Crippen LogP contribution in [0.15, 0.2) is 42.5 Å². The zero-order chi connectivity index (χ0) is 18.5. The first-order chi connectivity index (χ1) is 12.5. The van der Waals surface area contributed by atoms with Crippen LogP contribution >= 0.6 is 11.6 Å². The lowest BCUT2D eigenvalue weighted by Gasteiger charge is -2.26. The molecule has 1 fully saturated rings. The Labute approximate surface area is 157 Å². The Morgan fingerprint density at radius 2 is 1.73 bits per heavy atom. The van der Waals surface area contributed by atoms with E-state index in [1.165, 1.54) is 18.6 Å². The normalized spacial score (nSPS) is 14.2. The van der Waals surface area contributed by atoms with Crippen molar-refractivity contribution in [2.24, 2.45) is 0 Å². The Kier molecular flexibility index (Phi) is 5.89. The number of halogens is 2. The highest BCUT2D eigenvalue weighted by Crippen LogP contribution is 2.17. The van der Waals surface area contributed by atoms with Crippen LogP contribution in [0.4, 0.5) is 10.1 Å². The van der Waals surface area contributed by atoms with Gasteiger partial charge >= 0.3 is 0 Å². The van der Waals surface area contributed by atoms with E-state index < -0.39 is 5.82 Å². The van der Waals surface area contributed by atoms with Crippen LogP contribution in [0.2, 0.25) is 5.02 Å². The van der Waals surface area contributed by atoms with E-state index in [4.69, 9.17) is 11.6 Å². The summed E-state index contributed by atoms with van der Waals surface area (Å²) in [6, 6.07) is 11.0. The molecule has 136 valence electrons. The maximum atomic E-state index is 13.8. The maximum Gasteiger partial charge on any atom is 0.253 e. The summed E-state index contributed by atoms with van der Waals surface area (Å²) in [7, 11) is 0. The fourth-order valence-corrected chi connectivity index (χ4v) is 3.18. The first-order valence-electron chi connectivity index (χ1n) is 8.66. The molecule has 4 nitrogen and oxygen atoms in total. The smallest absolute Gasteiger partial charge is 0.253 e. The number of carbonyl (C=O) groups excluding carboxylic acids is 2. The van der Waals surface area contributed by atoms with Crippen LogP contribution in [0.3, 0.4) is 0 Å². The first-order valence-corrected chi connectivity index (χ1v) is 9.04. The summed E-state index contributed by atoms with van der Waals surface area (Å²) in [5, 5.41) is 3.01. The Morgan fingerprint density at radius 3 is 2.38 bits per heavy atom. The van der Waals surface area contributed by atoms with Gasteiger partial charge in [0.15, 0.2) is 0 Å². The zero-order valence-corrected chi connectivity index (χ0v) is 15.1. The van der Waals surface area contributed by atoms with Crippen LogP contribution in [0.5, 0.6) is 0 Å².